The van der Waals surface area contributed by atoms with Gasteiger partial charge in [-0.05, 0) is 81.2 Å². The Hall–Kier alpha value is -2.41. The standard InChI is InChI=1S/C14H17ClN2O.C14H15ClN2O/c2*15-11-6-4-10(5-7-11)12-13(18)17-14(16-12)8-2-1-3-9-14/h4-7,12,16H,1-3,8-9H2,(H,17,18);4-7H,1-3,8-9H2,(H,17,18). The Balaban J connectivity index is 0.000000148. The molecule has 3 fully saturated rings. The van der Waals surface area contributed by atoms with Crippen molar-refractivity contribution in [2.24, 2.45) is 4.99 Å². The highest BCUT2D eigenvalue weighted by Gasteiger charge is 2.44. The summed E-state index contributed by atoms with van der Waals surface area (Å²) in [5.74, 6) is 0.0263. The molecule has 2 saturated carbocycles. The maximum Gasteiger partial charge on any atom is 0.272 e. The first-order valence-electron chi connectivity index (χ1n) is 12.9. The number of rotatable bonds is 2. The molecule has 2 heterocycles. The summed E-state index contributed by atoms with van der Waals surface area (Å²) in [6.45, 7) is 0. The van der Waals surface area contributed by atoms with E-state index in [0.717, 1.165) is 49.7 Å². The summed E-state index contributed by atoms with van der Waals surface area (Å²) in [6, 6.07) is 14.5. The molecule has 3 N–H and O–H groups in total. The number of carbonyl (C=O) groups excluding carboxylic acids is 2. The van der Waals surface area contributed by atoms with E-state index in [1.54, 1.807) is 12.1 Å². The number of amides is 2. The van der Waals surface area contributed by atoms with E-state index in [2.05, 4.69) is 20.9 Å². The summed E-state index contributed by atoms with van der Waals surface area (Å²) in [5, 5.41) is 11.1. The zero-order valence-electron chi connectivity index (χ0n) is 20.3. The van der Waals surface area contributed by atoms with Crippen molar-refractivity contribution in [2.75, 3.05) is 0 Å². The van der Waals surface area contributed by atoms with E-state index in [1.165, 1.54) is 25.7 Å². The summed E-state index contributed by atoms with van der Waals surface area (Å²) < 4.78 is 0. The number of halogens is 2. The first kappa shape index (κ1) is 25.2. The van der Waals surface area contributed by atoms with E-state index in [0.29, 0.717) is 15.8 Å². The lowest BCUT2D eigenvalue weighted by Gasteiger charge is -2.33. The predicted octanol–water partition coefficient (Wildman–Crippen LogP) is 5.68. The van der Waals surface area contributed by atoms with Crippen LogP contribution in [0.5, 0.6) is 0 Å². The second kappa shape index (κ2) is 10.5. The van der Waals surface area contributed by atoms with Crippen molar-refractivity contribution < 1.29 is 9.59 Å². The Kier molecular flexibility index (Phi) is 7.38. The van der Waals surface area contributed by atoms with Gasteiger partial charge in [-0.1, -0.05) is 60.3 Å². The third-order valence-electron chi connectivity index (χ3n) is 7.64. The first-order valence-corrected chi connectivity index (χ1v) is 13.7. The van der Waals surface area contributed by atoms with E-state index >= 15 is 0 Å². The summed E-state index contributed by atoms with van der Waals surface area (Å²) in [6.07, 6.45) is 11.1. The number of nitrogens with zero attached hydrogens (tertiary/aromatic N) is 1. The average Bonchev–Trinajstić information content (AvgIpc) is 3.37. The third kappa shape index (κ3) is 5.46. The molecule has 2 aliphatic heterocycles. The molecule has 1 unspecified atom stereocenters. The van der Waals surface area contributed by atoms with Crippen molar-refractivity contribution in [1.82, 2.24) is 16.0 Å². The van der Waals surface area contributed by atoms with Crippen molar-refractivity contribution >= 4 is 40.7 Å². The molecular formula is C28H32Cl2N4O2. The Labute approximate surface area is 222 Å². The van der Waals surface area contributed by atoms with Gasteiger partial charge >= 0.3 is 0 Å². The zero-order valence-corrected chi connectivity index (χ0v) is 21.8. The van der Waals surface area contributed by atoms with E-state index in [1.807, 2.05) is 36.4 Å². The minimum absolute atomic E-state index is 0.0563. The Bertz CT molecular complexity index is 1140. The first-order chi connectivity index (χ1) is 17.4. The Morgan fingerprint density at radius 1 is 0.722 bits per heavy atom. The van der Waals surface area contributed by atoms with Crippen LogP contribution < -0.4 is 16.0 Å². The van der Waals surface area contributed by atoms with Gasteiger partial charge < -0.3 is 10.6 Å². The molecular weight excluding hydrogens is 495 g/mol. The number of hydrogen-bond donors (Lipinski definition) is 3. The van der Waals surface area contributed by atoms with Crippen LogP contribution >= 0.6 is 23.2 Å². The Morgan fingerprint density at radius 2 is 1.28 bits per heavy atom. The van der Waals surface area contributed by atoms with Crippen molar-refractivity contribution in [3.05, 3.63) is 69.7 Å². The number of benzene rings is 2. The quantitative estimate of drug-likeness (QED) is 0.470. The minimum Gasteiger partial charge on any atom is -0.336 e. The molecule has 0 radical (unpaired) electrons. The summed E-state index contributed by atoms with van der Waals surface area (Å²) in [7, 11) is 0. The van der Waals surface area contributed by atoms with Gasteiger partial charge in [0, 0.05) is 15.6 Å². The minimum atomic E-state index is -0.329. The molecule has 190 valence electrons. The molecule has 2 aliphatic carbocycles. The van der Waals surface area contributed by atoms with Gasteiger partial charge in [-0.3, -0.25) is 19.9 Å². The van der Waals surface area contributed by atoms with Crippen LogP contribution in [0.15, 0.2) is 53.5 Å². The highest BCUT2D eigenvalue weighted by atomic mass is 35.5. The second-order valence-corrected chi connectivity index (χ2v) is 11.1. The van der Waals surface area contributed by atoms with Gasteiger partial charge in [0.15, 0.2) is 0 Å². The third-order valence-corrected chi connectivity index (χ3v) is 8.15. The van der Waals surface area contributed by atoms with Crippen LogP contribution in [0.4, 0.5) is 0 Å². The number of nitrogens with one attached hydrogen (secondary N) is 3. The molecule has 4 aliphatic rings. The largest absolute Gasteiger partial charge is 0.336 e. The maximum absolute atomic E-state index is 12.1. The monoisotopic (exact) mass is 526 g/mol. The smallest absolute Gasteiger partial charge is 0.272 e. The summed E-state index contributed by atoms with van der Waals surface area (Å²) in [4.78, 5) is 28.9. The number of aliphatic imine (C=N–C) groups is 1. The lowest BCUT2D eigenvalue weighted by atomic mass is 9.89. The molecule has 2 spiro atoms. The normalized spacial score (nSPS) is 24.1. The fraction of sp³-hybridized carbons (Fsp3) is 0.464. The van der Waals surface area contributed by atoms with E-state index < -0.39 is 0 Å². The van der Waals surface area contributed by atoms with Gasteiger partial charge in [0.25, 0.3) is 5.91 Å². The van der Waals surface area contributed by atoms with E-state index in [-0.39, 0.29) is 29.2 Å². The second-order valence-electron chi connectivity index (χ2n) is 10.3. The topological polar surface area (TPSA) is 82.6 Å². The molecule has 2 amide bonds. The van der Waals surface area contributed by atoms with Gasteiger partial charge in [0.05, 0.1) is 5.66 Å². The number of carbonyl (C=O) groups is 2. The van der Waals surface area contributed by atoms with Crippen LogP contribution in [0.2, 0.25) is 10.0 Å². The van der Waals surface area contributed by atoms with Gasteiger partial charge in [-0.2, -0.15) is 0 Å². The van der Waals surface area contributed by atoms with Crippen molar-refractivity contribution in [3.63, 3.8) is 0 Å². The maximum atomic E-state index is 12.1. The van der Waals surface area contributed by atoms with E-state index in [4.69, 9.17) is 23.2 Å². The average molecular weight is 527 g/mol. The molecule has 6 nitrogen and oxygen atoms in total. The van der Waals surface area contributed by atoms with Crippen LogP contribution in [-0.4, -0.2) is 28.9 Å². The van der Waals surface area contributed by atoms with Gasteiger partial charge in [0.2, 0.25) is 5.91 Å². The molecule has 36 heavy (non-hydrogen) atoms. The molecule has 2 aromatic carbocycles. The molecule has 1 saturated heterocycles. The molecule has 6 rings (SSSR count). The fourth-order valence-corrected chi connectivity index (χ4v) is 5.99. The molecule has 0 bridgehead atoms. The summed E-state index contributed by atoms with van der Waals surface area (Å²) >= 11 is 11.7. The van der Waals surface area contributed by atoms with Gasteiger partial charge in [-0.15, -0.1) is 0 Å². The van der Waals surface area contributed by atoms with Crippen LogP contribution in [-0.2, 0) is 9.59 Å². The van der Waals surface area contributed by atoms with E-state index in [9.17, 15) is 9.59 Å². The Morgan fingerprint density at radius 3 is 1.89 bits per heavy atom. The number of hydrogen-bond acceptors (Lipinski definition) is 4. The zero-order chi connectivity index (χ0) is 25.2. The SMILES string of the molecule is O=C1NC2(CCCCC2)N=C1c1ccc(Cl)cc1.O=C1NC2(CCCCC2)NC1c1ccc(Cl)cc1. The summed E-state index contributed by atoms with van der Waals surface area (Å²) in [5.41, 5.74) is 1.89. The lowest BCUT2D eigenvalue weighted by molar-refractivity contribution is -0.121. The highest BCUT2D eigenvalue weighted by Crippen LogP contribution is 2.34. The molecule has 2 aromatic rings. The van der Waals surface area contributed by atoms with Gasteiger partial charge in [-0.25, -0.2) is 0 Å². The van der Waals surface area contributed by atoms with Gasteiger partial charge in [0.1, 0.15) is 17.4 Å². The molecule has 8 heteroatoms. The van der Waals surface area contributed by atoms with Crippen molar-refractivity contribution in [3.8, 4) is 0 Å². The predicted molar refractivity (Wildman–Crippen MR) is 143 cm³/mol. The van der Waals surface area contributed by atoms with Crippen molar-refractivity contribution in [2.45, 2.75) is 81.6 Å². The van der Waals surface area contributed by atoms with Crippen LogP contribution in [0.25, 0.3) is 0 Å². The molecule has 0 aromatic heterocycles. The van der Waals surface area contributed by atoms with Crippen LogP contribution in [0, 0.1) is 0 Å². The molecule has 1 atom stereocenters. The lowest BCUT2D eigenvalue weighted by Crippen LogP contribution is -2.51. The highest BCUT2D eigenvalue weighted by molar-refractivity contribution is 6.47. The van der Waals surface area contributed by atoms with Crippen LogP contribution in [0.3, 0.4) is 0 Å². The van der Waals surface area contributed by atoms with Crippen LogP contribution in [0.1, 0.15) is 81.4 Å². The fourth-order valence-electron chi connectivity index (χ4n) is 5.74. The van der Waals surface area contributed by atoms with Crippen molar-refractivity contribution in [1.29, 1.82) is 0 Å².